The van der Waals surface area contributed by atoms with Crippen LogP contribution in [0.4, 0.5) is 11.8 Å². The fraction of sp³-hybridized carbons (Fsp3) is 0.241. The number of nitrogen functional groups attached to an aromatic ring is 1. The third-order valence-corrected chi connectivity index (χ3v) is 6.14. The molecule has 1 fully saturated rings. The minimum absolute atomic E-state index is 0.178. The van der Waals surface area contributed by atoms with E-state index in [0.717, 1.165) is 34.9 Å². The molecule has 1 amide bonds. The molecule has 0 atom stereocenters. The highest BCUT2D eigenvalue weighted by atomic mass is 16.5. The normalized spacial score (nSPS) is 12.2. The number of aromatic nitrogens is 6. The number of pyridine rings is 2. The Bertz CT molecular complexity index is 1650. The van der Waals surface area contributed by atoms with Gasteiger partial charge in [0, 0.05) is 24.6 Å². The van der Waals surface area contributed by atoms with Gasteiger partial charge < -0.3 is 30.0 Å². The molecule has 1 aliphatic carbocycles. The van der Waals surface area contributed by atoms with Crippen molar-refractivity contribution in [1.29, 1.82) is 0 Å². The summed E-state index contributed by atoms with van der Waals surface area (Å²) >= 11 is 0. The van der Waals surface area contributed by atoms with E-state index in [-0.39, 0.29) is 11.9 Å². The van der Waals surface area contributed by atoms with Crippen LogP contribution in [0.1, 0.15) is 19.8 Å². The van der Waals surface area contributed by atoms with Crippen LogP contribution in [0.3, 0.4) is 0 Å². The minimum Gasteiger partial charge on any atom is -0.493 e. The van der Waals surface area contributed by atoms with Crippen LogP contribution in [0.25, 0.3) is 16.6 Å². The molecule has 42 heavy (non-hydrogen) atoms. The van der Waals surface area contributed by atoms with Gasteiger partial charge in [0.15, 0.2) is 17.2 Å². The van der Waals surface area contributed by atoms with E-state index >= 15 is 0 Å². The molecule has 3 N–H and O–H groups in total. The van der Waals surface area contributed by atoms with E-state index in [9.17, 15) is 4.79 Å². The molecule has 0 unspecified atom stereocenters. The third kappa shape index (κ3) is 7.18. The van der Waals surface area contributed by atoms with E-state index in [2.05, 4.69) is 30.4 Å². The molecule has 4 aromatic heterocycles. The Hall–Kier alpha value is -5.46. The van der Waals surface area contributed by atoms with Crippen molar-refractivity contribution in [3.05, 3.63) is 67.5 Å². The van der Waals surface area contributed by atoms with E-state index in [1.807, 2.05) is 12.3 Å². The number of nitrogens with zero attached hydrogens (tertiary/aromatic N) is 6. The van der Waals surface area contributed by atoms with Gasteiger partial charge in [0.2, 0.25) is 11.9 Å². The van der Waals surface area contributed by atoms with Gasteiger partial charge in [-0.1, -0.05) is 0 Å². The van der Waals surface area contributed by atoms with E-state index in [1.54, 1.807) is 68.0 Å². The molecule has 0 radical (unpaired) electrons. The molecule has 0 aliphatic heterocycles. The van der Waals surface area contributed by atoms with Crippen LogP contribution in [0, 0.1) is 5.92 Å². The highest BCUT2D eigenvalue weighted by Crippen LogP contribution is 2.36. The number of hydrogen-bond acceptors (Lipinski definition) is 11. The van der Waals surface area contributed by atoms with E-state index in [0.29, 0.717) is 28.8 Å². The van der Waals surface area contributed by atoms with Crippen LogP contribution in [-0.4, -0.2) is 56.5 Å². The molecule has 5 aromatic rings. The molecule has 0 bridgehead atoms. The molecule has 6 rings (SSSR count). The number of benzene rings is 1. The number of methoxy groups -OCH3 is 2. The Morgan fingerprint density at radius 3 is 2.38 bits per heavy atom. The maximum atomic E-state index is 11.0. The summed E-state index contributed by atoms with van der Waals surface area (Å²) in [6, 6.07) is 8.76. The first-order chi connectivity index (χ1) is 20.4. The maximum absolute atomic E-state index is 11.0. The van der Waals surface area contributed by atoms with Crippen molar-refractivity contribution in [3.63, 3.8) is 0 Å². The summed E-state index contributed by atoms with van der Waals surface area (Å²) in [5.41, 5.74) is 6.91. The summed E-state index contributed by atoms with van der Waals surface area (Å²) in [6.45, 7) is 2.21. The van der Waals surface area contributed by atoms with Gasteiger partial charge in [-0.3, -0.25) is 9.78 Å². The summed E-state index contributed by atoms with van der Waals surface area (Å²) in [5, 5.41) is 7.58. The lowest BCUT2D eigenvalue weighted by atomic mass is 10.2. The number of rotatable bonds is 9. The number of hydrogen-bond donors (Lipinski definition) is 2. The molecular weight excluding hydrogens is 540 g/mol. The molecule has 13 heteroatoms. The largest absolute Gasteiger partial charge is 0.493 e. The van der Waals surface area contributed by atoms with Crippen LogP contribution < -0.4 is 30.0 Å². The van der Waals surface area contributed by atoms with Crippen molar-refractivity contribution in [2.24, 2.45) is 5.92 Å². The molecule has 216 valence electrons. The SMILES string of the molecule is COc1cc2nccc(Oc3ccc(NC(C)=O)nc3)c2cc1OC.Nc1ncc(-n2cc(OCC3CC3)cn2)cn1. The second kappa shape index (κ2) is 12.8. The lowest BCUT2D eigenvalue weighted by Crippen LogP contribution is -2.06. The smallest absolute Gasteiger partial charge is 0.222 e. The number of nitrogens with one attached hydrogen (secondary N) is 1. The van der Waals surface area contributed by atoms with Crippen LogP contribution in [0.2, 0.25) is 0 Å². The predicted octanol–water partition coefficient (Wildman–Crippen LogP) is 4.43. The second-order valence-corrected chi connectivity index (χ2v) is 9.37. The standard InChI is InChI=1S/C18H17N3O4.C11H13N5O/c1-11(22)21-18-5-4-12(10-20-18)25-15-6-7-19-14-9-17(24-3)16(23-2)8-13(14)15;12-11-13-3-9(4-14-11)16-6-10(5-15-16)17-7-8-1-2-8/h4-10H,1-3H3,(H,20,21,22);3-6,8H,1-2,7H2,(H2,12,13,14). The number of ether oxygens (including phenoxy) is 4. The van der Waals surface area contributed by atoms with Gasteiger partial charge >= 0.3 is 0 Å². The van der Waals surface area contributed by atoms with Crippen LogP contribution in [0.15, 0.2) is 67.5 Å². The van der Waals surface area contributed by atoms with Gasteiger partial charge in [0.05, 0.1) is 57.3 Å². The minimum atomic E-state index is -0.178. The molecule has 1 aliphatic rings. The van der Waals surface area contributed by atoms with Crippen LogP contribution >= 0.6 is 0 Å². The number of fused-ring (bicyclic) bond motifs is 1. The van der Waals surface area contributed by atoms with Crippen molar-refractivity contribution >= 4 is 28.6 Å². The van der Waals surface area contributed by atoms with E-state index in [4.69, 9.17) is 24.7 Å². The number of amides is 1. The van der Waals surface area contributed by atoms with Crippen molar-refractivity contribution < 1.29 is 23.7 Å². The molecule has 0 spiro atoms. The van der Waals surface area contributed by atoms with Gasteiger partial charge in [-0.15, -0.1) is 0 Å². The average Bonchev–Trinajstić information content (AvgIpc) is 3.72. The Kier molecular flexibility index (Phi) is 8.56. The fourth-order valence-electron chi connectivity index (χ4n) is 3.83. The molecular formula is C29H30N8O5. The first-order valence-corrected chi connectivity index (χ1v) is 13.1. The van der Waals surface area contributed by atoms with Crippen molar-refractivity contribution in [2.75, 3.05) is 31.9 Å². The Labute approximate surface area is 241 Å². The second-order valence-electron chi connectivity index (χ2n) is 9.37. The maximum Gasteiger partial charge on any atom is 0.222 e. The number of nitrogens with two attached hydrogens (primary N) is 1. The highest BCUT2D eigenvalue weighted by molar-refractivity contribution is 5.89. The third-order valence-electron chi connectivity index (χ3n) is 6.14. The van der Waals surface area contributed by atoms with Crippen LogP contribution in [0.5, 0.6) is 28.7 Å². The summed E-state index contributed by atoms with van der Waals surface area (Å²) in [7, 11) is 3.15. The lowest BCUT2D eigenvalue weighted by molar-refractivity contribution is -0.114. The van der Waals surface area contributed by atoms with Crippen molar-refractivity contribution in [2.45, 2.75) is 19.8 Å². The number of carbonyl (C=O) groups is 1. The van der Waals surface area contributed by atoms with Gasteiger partial charge in [0.25, 0.3) is 0 Å². The summed E-state index contributed by atoms with van der Waals surface area (Å²) in [4.78, 5) is 27.3. The van der Waals surface area contributed by atoms with Gasteiger partial charge in [-0.25, -0.2) is 19.6 Å². The van der Waals surface area contributed by atoms with Gasteiger partial charge in [0.1, 0.15) is 23.0 Å². The molecule has 13 nitrogen and oxygen atoms in total. The predicted molar refractivity (Wildman–Crippen MR) is 155 cm³/mol. The first kappa shape index (κ1) is 28.1. The zero-order chi connectivity index (χ0) is 29.5. The van der Waals surface area contributed by atoms with E-state index < -0.39 is 0 Å². The number of anilines is 2. The molecule has 0 saturated heterocycles. The zero-order valence-electron chi connectivity index (χ0n) is 23.4. The van der Waals surface area contributed by atoms with Gasteiger partial charge in [-0.05, 0) is 43.0 Å². The lowest BCUT2D eigenvalue weighted by Gasteiger charge is -2.12. The Morgan fingerprint density at radius 1 is 0.952 bits per heavy atom. The zero-order valence-corrected chi connectivity index (χ0v) is 23.4. The topological polar surface area (TPSA) is 161 Å². The van der Waals surface area contributed by atoms with Crippen molar-refractivity contribution in [3.8, 4) is 34.4 Å². The van der Waals surface area contributed by atoms with Gasteiger partial charge in [-0.2, -0.15) is 5.10 Å². The number of carbonyl (C=O) groups excluding carboxylic acids is 1. The van der Waals surface area contributed by atoms with Crippen LogP contribution in [-0.2, 0) is 4.79 Å². The highest BCUT2D eigenvalue weighted by Gasteiger charge is 2.22. The van der Waals surface area contributed by atoms with E-state index in [1.165, 1.54) is 26.0 Å². The molecule has 1 saturated carbocycles. The summed E-state index contributed by atoms with van der Waals surface area (Å²) < 4.78 is 23.8. The fourth-order valence-corrected chi connectivity index (χ4v) is 3.83. The quantitative estimate of drug-likeness (QED) is 0.258. The van der Waals surface area contributed by atoms with Crippen molar-refractivity contribution in [1.82, 2.24) is 29.7 Å². The summed E-state index contributed by atoms with van der Waals surface area (Å²) in [5.74, 6) is 4.38. The summed E-state index contributed by atoms with van der Waals surface area (Å²) in [6.07, 6.45) is 12.5. The average molecular weight is 571 g/mol. The Balaban J connectivity index is 0.000000180. The Morgan fingerprint density at radius 2 is 1.71 bits per heavy atom. The first-order valence-electron chi connectivity index (χ1n) is 13.1. The molecule has 1 aromatic carbocycles. The monoisotopic (exact) mass is 570 g/mol. The molecule has 4 heterocycles.